The number of nitrogens with one attached hydrogen (secondary N) is 2. The number of carbonyl (C=O) groups excluding carboxylic acids is 3. The molecular weight excluding hydrogens is 310 g/mol. The van der Waals surface area contributed by atoms with Gasteiger partial charge in [0.15, 0.2) is 0 Å². The lowest BCUT2D eigenvalue weighted by molar-refractivity contribution is -0.150. The van der Waals surface area contributed by atoms with Gasteiger partial charge >= 0.3 is 17.6 Å². The summed E-state index contributed by atoms with van der Waals surface area (Å²) in [7, 11) is 2.25. The van der Waals surface area contributed by atoms with Gasteiger partial charge in [-0.3, -0.25) is 23.9 Å². The van der Waals surface area contributed by atoms with Gasteiger partial charge in [-0.2, -0.15) is 0 Å². The third-order valence-electron chi connectivity index (χ3n) is 2.92. The second-order valence-electron chi connectivity index (χ2n) is 4.62. The summed E-state index contributed by atoms with van der Waals surface area (Å²) < 4.78 is 9.89. The molecule has 0 radical (unpaired) electrons. The molecule has 2 N–H and O–H groups in total. The molecule has 0 aliphatic heterocycles. The van der Waals surface area contributed by atoms with E-state index < -0.39 is 48.1 Å². The molecule has 0 saturated carbocycles. The molecule has 1 atom stereocenters. The number of ether oxygens (including phenoxy) is 2. The van der Waals surface area contributed by atoms with Gasteiger partial charge in [0.1, 0.15) is 12.6 Å². The first-order valence-electron chi connectivity index (χ1n) is 6.52. The maximum absolute atomic E-state index is 11.9. The topological polar surface area (TPSA) is 137 Å². The van der Waals surface area contributed by atoms with Crippen molar-refractivity contribution in [2.75, 3.05) is 14.2 Å². The quantitative estimate of drug-likeness (QED) is 0.580. The van der Waals surface area contributed by atoms with Crippen LogP contribution in [0.25, 0.3) is 0 Å². The van der Waals surface area contributed by atoms with Crippen LogP contribution in [0.15, 0.2) is 15.8 Å². The van der Waals surface area contributed by atoms with Crippen LogP contribution in [-0.4, -0.2) is 47.7 Å². The van der Waals surface area contributed by atoms with E-state index in [9.17, 15) is 24.0 Å². The Morgan fingerprint density at radius 3 is 2.48 bits per heavy atom. The van der Waals surface area contributed by atoms with Crippen LogP contribution in [0.3, 0.4) is 0 Å². The van der Waals surface area contributed by atoms with Crippen molar-refractivity contribution in [1.29, 1.82) is 0 Å². The first kappa shape index (κ1) is 18.1. The van der Waals surface area contributed by atoms with Gasteiger partial charge in [-0.05, 0) is 6.92 Å². The molecule has 10 heteroatoms. The van der Waals surface area contributed by atoms with Crippen molar-refractivity contribution in [1.82, 2.24) is 14.9 Å². The molecular formula is C13H17N3O7. The molecule has 1 aromatic rings. The molecule has 1 heterocycles. The van der Waals surface area contributed by atoms with Gasteiger partial charge in [0.05, 0.1) is 20.6 Å². The van der Waals surface area contributed by atoms with Crippen molar-refractivity contribution in [3.63, 3.8) is 0 Å². The highest BCUT2D eigenvalue weighted by Gasteiger charge is 2.25. The van der Waals surface area contributed by atoms with Crippen LogP contribution in [0.5, 0.6) is 0 Å². The fraction of sp³-hybridized carbons (Fsp3) is 0.462. The molecule has 1 aromatic heterocycles. The molecule has 0 aromatic carbocycles. The van der Waals surface area contributed by atoms with Gasteiger partial charge in [0.25, 0.3) is 5.56 Å². The number of nitrogens with zero attached hydrogens (tertiary/aromatic N) is 1. The third kappa shape index (κ3) is 5.09. The van der Waals surface area contributed by atoms with Gasteiger partial charge in [-0.1, -0.05) is 0 Å². The smallest absolute Gasteiger partial charge is 0.328 e. The molecule has 0 spiro atoms. The SMILES string of the molecule is COC(=O)C[C@H](NC(=O)Cn1cc(C)c(=O)[nH]c1=O)C(=O)OC. The lowest BCUT2D eigenvalue weighted by Crippen LogP contribution is -2.45. The van der Waals surface area contributed by atoms with Gasteiger partial charge in [-0.15, -0.1) is 0 Å². The summed E-state index contributed by atoms with van der Waals surface area (Å²) in [5.41, 5.74) is -1.07. The van der Waals surface area contributed by atoms with E-state index in [4.69, 9.17) is 0 Å². The van der Waals surface area contributed by atoms with Crippen LogP contribution < -0.4 is 16.6 Å². The predicted octanol–water partition coefficient (Wildman–Crippen LogP) is -1.93. The lowest BCUT2D eigenvalue weighted by Gasteiger charge is -2.15. The lowest BCUT2D eigenvalue weighted by atomic mass is 10.2. The van der Waals surface area contributed by atoms with E-state index in [0.717, 1.165) is 18.8 Å². The fourth-order valence-electron chi connectivity index (χ4n) is 1.72. The van der Waals surface area contributed by atoms with E-state index in [2.05, 4.69) is 14.8 Å². The summed E-state index contributed by atoms with van der Waals surface area (Å²) >= 11 is 0. The van der Waals surface area contributed by atoms with Crippen molar-refractivity contribution >= 4 is 17.8 Å². The highest BCUT2D eigenvalue weighted by atomic mass is 16.5. The number of aryl methyl sites for hydroxylation is 1. The van der Waals surface area contributed by atoms with Crippen molar-refractivity contribution in [3.05, 3.63) is 32.6 Å². The fourth-order valence-corrected chi connectivity index (χ4v) is 1.72. The van der Waals surface area contributed by atoms with Gasteiger partial charge in [0.2, 0.25) is 5.91 Å². The zero-order valence-electron chi connectivity index (χ0n) is 12.9. The summed E-state index contributed by atoms with van der Waals surface area (Å²) in [6.07, 6.45) is 0.808. The summed E-state index contributed by atoms with van der Waals surface area (Å²) in [6, 6.07) is -1.24. The van der Waals surface area contributed by atoms with Crippen LogP contribution in [-0.2, 0) is 30.4 Å². The highest BCUT2D eigenvalue weighted by molar-refractivity contribution is 5.87. The van der Waals surface area contributed by atoms with E-state index >= 15 is 0 Å². The molecule has 126 valence electrons. The summed E-state index contributed by atoms with van der Waals surface area (Å²) in [5, 5.41) is 2.28. The Morgan fingerprint density at radius 1 is 1.26 bits per heavy atom. The molecule has 23 heavy (non-hydrogen) atoms. The Labute approximate surface area is 130 Å². The molecule has 0 bridgehead atoms. The van der Waals surface area contributed by atoms with Crippen LogP contribution in [0.2, 0.25) is 0 Å². The number of H-pyrrole nitrogens is 1. The second kappa shape index (κ2) is 7.92. The summed E-state index contributed by atoms with van der Waals surface area (Å²) in [4.78, 5) is 59.6. The number of aromatic nitrogens is 2. The molecule has 0 fully saturated rings. The van der Waals surface area contributed by atoms with Gasteiger partial charge in [-0.25, -0.2) is 9.59 Å². The zero-order chi connectivity index (χ0) is 17.6. The molecule has 0 unspecified atom stereocenters. The zero-order valence-corrected chi connectivity index (χ0v) is 12.9. The van der Waals surface area contributed by atoms with Gasteiger partial charge < -0.3 is 14.8 Å². The highest BCUT2D eigenvalue weighted by Crippen LogP contribution is 1.98. The first-order chi connectivity index (χ1) is 10.8. The number of methoxy groups -OCH3 is 2. The minimum absolute atomic E-state index is 0.247. The largest absolute Gasteiger partial charge is 0.469 e. The third-order valence-corrected chi connectivity index (χ3v) is 2.92. The van der Waals surface area contributed by atoms with E-state index in [1.807, 2.05) is 4.98 Å². The minimum atomic E-state index is -1.24. The average molecular weight is 327 g/mol. The molecule has 0 aliphatic rings. The number of carbonyl (C=O) groups is 3. The van der Waals surface area contributed by atoms with Crippen LogP contribution in [0.1, 0.15) is 12.0 Å². The number of aromatic amines is 1. The van der Waals surface area contributed by atoms with E-state index in [1.165, 1.54) is 13.1 Å². The van der Waals surface area contributed by atoms with Crippen LogP contribution >= 0.6 is 0 Å². The molecule has 0 saturated heterocycles. The Morgan fingerprint density at radius 2 is 1.91 bits per heavy atom. The monoisotopic (exact) mass is 327 g/mol. The van der Waals surface area contributed by atoms with E-state index in [0.29, 0.717) is 0 Å². The van der Waals surface area contributed by atoms with Crippen molar-refractivity contribution in [2.24, 2.45) is 0 Å². The molecule has 0 aliphatic carbocycles. The first-order valence-corrected chi connectivity index (χ1v) is 6.52. The summed E-state index contributed by atoms with van der Waals surface area (Å²) in [5.74, 6) is -2.25. The molecule has 1 rings (SSSR count). The Bertz CT molecular complexity index is 719. The number of amides is 1. The number of esters is 2. The van der Waals surface area contributed by atoms with E-state index in [-0.39, 0.29) is 5.56 Å². The predicted molar refractivity (Wildman–Crippen MR) is 76.6 cm³/mol. The maximum atomic E-state index is 11.9. The Kier molecular flexibility index (Phi) is 6.24. The molecule has 1 amide bonds. The average Bonchev–Trinajstić information content (AvgIpc) is 2.50. The van der Waals surface area contributed by atoms with Crippen molar-refractivity contribution < 1.29 is 23.9 Å². The Hall–Kier alpha value is -2.91. The standard InChI is InChI=1S/C13H17N3O7/c1-7-5-16(13(21)15-11(7)19)6-9(17)14-8(12(20)23-3)4-10(18)22-2/h5,8H,4,6H2,1-3H3,(H,14,17)(H,15,19,21)/t8-/m0/s1. The summed E-state index contributed by atoms with van der Waals surface area (Å²) in [6.45, 7) is 1.03. The number of hydrogen-bond acceptors (Lipinski definition) is 7. The maximum Gasteiger partial charge on any atom is 0.328 e. The Balaban J connectivity index is 2.85. The molecule has 10 nitrogen and oxygen atoms in total. The van der Waals surface area contributed by atoms with E-state index in [1.54, 1.807) is 0 Å². The number of hydrogen-bond donors (Lipinski definition) is 2. The number of rotatable bonds is 6. The van der Waals surface area contributed by atoms with Crippen molar-refractivity contribution in [3.8, 4) is 0 Å². The minimum Gasteiger partial charge on any atom is -0.469 e. The van der Waals surface area contributed by atoms with Crippen LogP contribution in [0.4, 0.5) is 0 Å². The second-order valence-corrected chi connectivity index (χ2v) is 4.62. The van der Waals surface area contributed by atoms with Gasteiger partial charge in [0, 0.05) is 11.8 Å². The van der Waals surface area contributed by atoms with Crippen LogP contribution in [0, 0.1) is 6.92 Å². The normalized spacial score (nSPS) is 11.4. The van der Waals surface area contributed by atoms with Crippen molar-refractivity contribution in [2.45, 2.75) is 25.9 Å².